The molecule has 21 heavy (non-hydrogen) atoms. The van der Waals surface area contributed by atoms with Crippen molar-refractivity contribution in [1.82, 2.24) is 16.0 Å². The molecule has 0 rings (SSSR count). The van der Waals surface area contributed by atoms with Gasteiger partial charge in [0, 0.05) is 26.2 Å². The van der Waals surface area contributed by atoms with Crippen LogP contribution < -0.4 is 16.0 Å². The third-order valence-electron chi connectivity index (χ3n) is 2.31. The number of likely N-dealkylation sites (N-methyl/N-ethyl adjacent to an activating group) is 2. The van der Waals surface area contributed by atoms with E-state index in [4.69, 9.17) is 4.74 Å². The maximum Gasteiger partial charge on any atom is 0.145 e. The number of carbonyl (C=O) groups excluding carboxylic acids is 1. The molecule has 0 unspecified atom stereocenters. The fraction of sp³-hybridized carbons (Fsp3) is 0.562. The van der Waals surface area contributed by atoms with E-state index in [2.05, 4.69) is 36.0 Å². The number of aldehydes is 1. The highest BCUT2D eigenvalue weighted by atomic mass is 16.5. The number of hydrogen-bond donors (Lipinski definition) is 3. The Bertz CT molecular complexity index is 279. The lowest BCUT2D eigenvalue weighted by atomic mass is 10.2. The highest BCUT2D eigenvalue weighted by molar-refractivity contribution is 5.50. The van der Waals surface area contributed by atoms with Crippen molar-refractivity contribution in [2.75, 3.05) is 53.0 Å². The first-order valence-corrected chi connectivity index (χ1v) is 7.28. The zero-order valence-electron chi connectivity index (χ0n) is 13.5. The molecule has 0 aromatic rings. The summed E-state index contributed by atoms with van der Waals surface area (Å²) in [5.74, 6) is 0. The number of rotatable bonds is 13. The molecule has 0 saturated heterocycles. The molecule has 122 valence electrons. The smallest absolute Gasteiger partial charge is 0.145 e. The predicted molar refractivity (Wildman–Crippen MR) is 90.7 cm³/mol. The van der Waals surface area contributed by atoms with Gasteiger partial charge in [-0.3, -0.25) is 0 Å². The topological polar surface area (TPSA) is 62.4 Å². The fourth-order valence-electron chi connectivity index (χ4n) is 1.31. The van der Waals surface area contributed by atoms with E-state index >= 15 is 0 Å². The number of allylic oxidation sites excluding steroid dienone is 2. The van der Waals surface area contributed by atoms with E-state index in [0.29, 0.717) is 6.61 Å². The van der Waals surface area contributed by atoms with Gasteiger partial charge in [0.1, 0.15) is 12.9 Å². The van der Waals surface area contributed by atoms with Crippen LogP contribution in [0.4, 0.5) is 0 Å². The summed E-state index contributed by atoms with van der Waals surface area (Å²) in [6, 6.07) is 0. The van der Waals surface area contributed by atoms with Crippen LogP contribution in [-0.4, -0.2) is 59.3 Å². The van der Waals surface area contributed by atoms with Crippen molar-refractivity contribution in [3.8, 4) is 0 Å². The van der Waals surface area contributed by atoms with E-state index in [1.165, 1.54) is 0 Å². The molecule has 0 heterocycles. The van der Waals surface area contributed by atoms with Gasteiger partial charge in [-0.05, 0) is 19.2 Å². The molecule has 0 aliphatic heterocycles. The maximum atomic E-state index is 9.82. The number of ether oxygens (including phenoxy) is 1. The van der Waals surface area contributed by atoms with Gasteiger partial charge >= 0.3 is 0 Å². The van der Waals surface area contributed by atoms with Crippen molar-refractivity contribution in [1.29, 1.82) is 0 Å². The highest BCUT2D eigenvalue weighted by Gasteiger charge is 1.87. The molecule has 0 saturated carbocycles. The van der Waals surface area contributed by atoms with Crippen molar-refractivity contribution < 1.29 is 9.53 Å². The Morgan fingerprint density at radius 1 is 1.19 bits per heavy atom. The summed E-state index contributed by atoms with van der Waals surface area (Å²) in [7, 11) is 1.90. The molecular weight excluding hydrogens is 266 g/mol. The van der Waals surface area contributed by atoms with Crippen LogP contribution in [0.5, 0.6) is 0 Å². The molecule has 5 nitrogen and oxygen atoms in total. The lowest BCUT2D eigenvalue weighted by Gasteiger charge is -2.04. The van der Waals surface area contributed by atoms with Crippen LogP contribution in [0.15, 0.2) is 37.0 Å². The van der Waals surface area contributed by atoms with E-state index < -0.39 is 0 Å². The summed E-state index contributed by atoms with van der Waals surface area (Å²) in [6.45, 7) is 14.7. The molecule has 0 aliphatic carbocycles. The minimum atomic E-state index is 0.203. The highest BCUT2D eigenvalue weighted by Crippen LogP contribution is 1.91. The molecule has 0 aromatic carbocycles. The summed E-state index contributed by atoms with van der Waals surface area (Å²) in [5, 5.41) is 9.38. The van der Waals surface area contributed by atoms with Gasteiger partial charge in [-0.1, -0.05) is 38.3 Å². The molecule has 0 atom stereocenters. The van der Waals surface area contributed by atoms with Gasteiger partial charge in [-0.15, -0.1) is 0 Å². The first kappa shape index (κ1) is 22.0. The third kappa shape index (κ3) is 21.2. The van der Waals surface area contributed by atoms with E-state index in [1.807, 2.05) is 19.2 Å². The summed E-state index contributed by atoms with van der Waals surface area (Å²) >= 11 is 0. The lowest BCUT2D eigenvalue weighted by Crippen LogP contribution is -2.29. The Morgan fingerprint density at radius 3 is 2.43 bits per heavy atom. The number of carbonyl (C=O) groups is 1. The number of hydrogen-bond acceptors (Lipinski definition) is 5. The molecule has 0 spiro atoms. The molecule has 3 N–H and O–H groups in total. The van der Waals surface area contributed by atoms with Gasteiger partial charge in [0.2, 0.25) is 0 Å². The molecule has 0 bridgehead atoms. The summed E-state index contributed by atoms with van der Waals surface area (Å²) in [4.78, 5) is 9.82. The van der Waals surface area contributed by atoms with E-state index in [-0.39, 0.29) is 6.61 Å². The Hall–Kier alpha value is -1.27. The second-order valence-corrected chi connectivity index (χ2v) is 4.06. The summed E-state index contributed by atoms with van der Waals surface area (Å²) in [6.07, 6.45) is 6.27. The summed E-state index contributed by atoms with van der Waals surface area (Å²) < 4.78 is 4.94. The molecule has 5 heteroatoms. The van der Waals surface area contributed by atoms with Gasteiger partial charge in [0.15, 0.2) is 0 Å². The van der Waals surface area contributed by atoms with Gasteiger partial charge < -0.3 is 25.5 Å². The molecular formula is C16H31N3O2. The second kappa shape index (κ2) is 21.0. The average molecular weight is 297 g/mol. The Balaban J connectivity index is 0. The fourth-order valence-corrected chi connectivity index (χ4v) is 1.31. The van der Waals surface area contributed by atoms with E-state index in [9.17, 15) is 4.79 Å². The Morgan fingerprint density at radius 2 is 1.90 bits per heavy atom. The zero-order chi connectivity index (χ0) is 16.2. The SMILES string of the molecule is C=C/C=C(\C=C)CNC.CCNCCNCCOCC=O. The monoisotopic (exact) mass is 297 g/mol. The van der Waals surface area contributed by atoms with Crippen molar-refractivity contribution in [3.05, 3.63) is 37.0 Å². The average Bonchev–Trinajstić information content (AvgIpc) is 2.50. The van der Waals surface area contributed by atoms with Crippen LogP contribution in [-0.2, 0) is 9.53 Å². The molecule has 0 aromatic heterocycles. The van der Waals surface area contributed by atoms with Crippen molar-refractivity contribution in [3.63, 3.8) is 0 Å². The number of nitrogens with one attached hydrogen (secondary N) is 3. The zero-order valence-corrected chi connectivity index (χ0v) is 13.5. The normalized spacial score (nSPS) is 10.5. The first-order valence-electron chi connectivity index (χ1n) is 7.28. The van der Waals surface area contributed by atoms with Gasteiger partial charge in [0.25, 0.3) is 0 Å². The quantitative estimate of drug-likeness (QED) is 0.268. The van der Waals surface area contributed by atoms with Crippen LogP contribution in [0, 0.1) is 0 Å². The second-order valence-electron chi connectivity index (χ2n) is 4.06. The Labute approximate surface area is 129 Å². The van der Waals surface area contributed by atoms with E-state index in [0.717, 1.165) is 44.6 Å². The van der Waals surface area contributed by atoms with Crippen LogP contribution in [0.2, 0.25) is 0 Å². The van der Waals surface area contributed by atoms with Crippen LogP contribution >= 0.6 is 0 Å². The van der Waals surface area contributed by atoms with Gasteiger partial charge in [0.05, 0.1) is 6.61 Å². The molecule has 0 radical (unpaired) electrons. The van der Waals surface area contributed by atoms with Crippen LogP contribution in [0.3, 0.4) is 0 Å². The standard InChI is InChI=1S/C8H18N2O2.C8H13N/c1-2-9-3-4-10-5-7-12-8-6-11;1-4-6-8(5-2)7-9-3/h6,9-10H,2-5,7-8H2,1H3;4-6,9H,1-2,7H2,3H3/b;8-6+. The molecule has 0 fully saturated rings. The molecule has 0 amide bonds. The third-order valence-corrected chi connectivity index (χ3v) is 2.31. The minimum Gasteiger partial charge on any atom is -0.373 e. The van der Waals surface area contributed by atoms with Crippen molar-refractivity contribution in [2.45, 2.75) is 6.92 Å². The Kier molecular flexibility index (Phi) is 22.1. The van der Waals surface area contributed by atoms with Crippen LogP contribution in [0.1, 0.15) is 6.92 Å². The maximum absolute atomic E-state index is 9.82. The van der Waals surface area contributed by atoms with Gasteiger partial charge in [-0.2, -0.15) is 0 Å². The van der Waals surface area contributed by atoms with Crippen molar-refractivity contribution in [2.24, 2.45) is 0 Å². The summed E-state index contributed by atoms with van der Waals surface area (Å²) in [5.41, 5.74) is 1.16. The van der Waals surface area contributed by atoms with E-state index in [1.54, 1.807) is 6.08 Å². The van der Waals surface area contributed by atoms with Crippen LogP contribution in [0.25, 0.3) is 0 Å². The first-order chi connectivity index (χ1) is 10.3. The predicted octanol–water partition coefficient (Wildman–Crippen LogP) is 0.905. The van der Waals surface area contributed by atoms with Gasteiger partial charge in [-0.25, -0.2) is 0 Å². The molecule has 0 aliphatic rings. The minimum absolute atomic E-state index is 0.203. The van der Waals surface area contributed by atoms with Crippen molar-refractivity contribution >= 4 is 6.29 Å². The largest absolute Gasteiger partial charge is 0.373 e. The lowest BCUT2D eigenvalue weighted by molar-refractivity contribution is -0.111.